The molecule has 6 aromatic heterocycles. The predicted octanol–water partition coefficient (Wildman–Crippen LogP) is 18.4. The first kappa shape index (κ1) is 53.7. The van der Waals surface area contributed by atoms with Crippen molar-refractivity contribution in [2.75, 3.05) is 0 Å². The van der Waals surface area contributed by atoms with Crippen molar-refractivity contribution >= 4 is 45.2 Å². The van der Waals surface area contributed by atoms with Crippen LogP contribution < -0.4 is 0 Å². The van der Waals surface area contributed by atoms with E-state index in [1.807, 2.05) is 0 Å². The molecule has 0 saturated carbocycles. The number of alkyl halides is 12. The van der Waals surface area contributed by atoms with E-state index in [9.17, 15) is 52.7 Å². The Morgan fingerprint density at radius 2 is 0.605 bits per heavy atom. The molecule has 0 aliphatic heterocycles. The zero-order chi connectivity index (χ0) is 54.8. The highest BCUT2D eigenvalue weighted by atomic mass is 127. The highest BCUT2D eigenvalue weighted by molar-refractivity contribution is 14.1. The SMILES string of the molecule is Cc1cc(-c2nc(I)oc2-c2ccc(-c3oc(I)nc3-c3cc(C)cc(C(F)(F)F)c3)o2)cc(C(F)(F)F)c1.Cc1cc(-c2ncoc2-c2ccc(-c3ocnc3-c3cc(C)cc(C(F)(F)F)c3)o2)cc(C(F)(F)F)c1. The molecule has 4 aromatic carbocycles. The van der Waals surface area contributed by atoms with Crippen LogP contribution in [0.2, 0.25) is 0 Å². The lowest BCUT2D eigenvalue weighted by molar-refractivity contribution is -0.138. The zero-order valence-corrected chi connectivity index (χ0v) is 43.2. The van der Waals surface area contributed by atoms with Crippen LogP contribution >= 0.6 is 45.2 Å². The summed E-state index contributed by atoms with van der Waals surface area (Å²) in [5, 5.41) is 0. The third kappa shape index (κ3) is 11.5. The predicted molar refractivity (Wildman–Crippen MR) is 266 cm³/mol. The van der Waals surface area contributed by atoms with Crippen LogP contribution in [0.1, 0.15) is 44.5 Å². The number of oxazole rings is 4. The van der Waals surface area contributed by atoms with Crippen molar-refractivity contribution in [2.24, 2.45) is 0 Å². The average Bonchev–Trinajstić information content (AvgIpc) is 4.19. The van der Waals surface area contributed by atoms with Crippen molar-refractivity contribution < 1.29 is 79.2 Å². The Labute approximate surface area is 447 Å². The number of hydrogen-bond donors (Lipinski definition) is 0. The molecule has 0 aliphatic carbocycles. The second-order valence-corrected chi connectivity index (χ2v) is 18.9. The summed E-state index contributed by atoms with van der Waals surface area (Å²) in [6.07, 6.45) is -16.1. The molecule has 24 heteroatoms. The number of aromatic nitrogens is 4. The maximum absolute atomic E-state index is 13.4. The first-order valence-corrected chi connectivity index (χ1v) is 23.9. The fourth-order valence-corrected chi connectivity index (χ4v) is 8.99. The van der Waals surface area contributed by atoms with E-state index >= 15 is 0 Å². The minimum Gasteiger partial charge on any atom is -0.449 e. The Balaban J connectivity index is 0.000000186. The van der Waals surface area contributed by atoms with Crippen LogP contribution in [0.15, 0.2) is 136 Å². The standard InChI is InChI=1S/C26H14F6I2N2O3.C26H16F6N2O3/c1-11-5-13(9-15(7-11)25(27,28)29)19-21(38-23(33)35-19)17-3-4-18(37-17)22-20(36-24(34)39-22)14-6-12(2)8-16(10-14)26(30,31)32;1-13-5-15(9-17(7-13)25(27,28)29)21-23(35-11-33-21)19-3-4-20(37-19)24-22(34-12-36-24)16-6-14(2)8-18(10-16)26(30,31)32/h3-10H,1-2H3;3-12H,1-2H3. The van der Waals surface area contributed by atoms with Gasteiger partial charge in [0.1, 0.15) is 22.8 Å². The molecule has 0 atom stereocenters. The van der Waals surface area contributed by atoms with Gasteiger partial charge in [-0.05, 0) is 147 Å². The van der Waals surface area contributed by atoms with Gasteiger partial charge in [0, 0.05) is 67.4 Å². The number of furan rings is 2. The van der Waals surface area contributed by atoms with Crippen LogP contribution in [-0.2, 0) is 24.7 Å². The summed E-state index contributed by atoms with van der Waals surface area (Å²) < 4.78 is 195. The number of hydrogen-bond acceptors (Lipinski definition) is 10. The molecule has 0 bridgehead atoms. The topological polar surface area (TPSA) is 130 Å². The van der Waals surface area contributed by atoms with Crippen LogP contribution in [-0.4, -0.2) is 19.9 Å². The Morgan fingerprint density at radius 1 is 0.342 bits per heavy atom. The molecule has 0 unspecified atom stereocenters. The van der Waals surface area contributed by atoms with Crippen molar-refractivity contribution in [2.45, 2.75) is 52.4 Å². The Bertz CT molecular complexity index is 3540. The normalized spacial score (nSPS) is 12.3. The number of nitrogens with zero attached hydrogens (tertiary/aromatic N) is 4. The van der Waals surface area contributed by atoms with Crippen molar-refractivity contribution in [3.8, 4) is 91.1 Å². The van der Waals surface area contributed by atoms with Crippen molar-refractivity contribution in [3.63, 3.8) is 0 Å². The third-order valence-electron chi connectivity index (χ3n) is 11.2. The first-order chi connectivity index (χ1) is 35.6. The lowest BCUT2D eigenvalue weighted by Crippen LogP contribution is -2.05. The zero-order valence-electron chi connectivity index (χ0n) is 38.9. The maximum Gasteiger partial charge on any atom is 0.416 e. The van der Waals surface area contributed by atoms with E-state index in [0.29, 0.717) is 22.3 Å². The monoisotopic (exact) mass is 1290 g/mol. The molecule has 0 aliphatic rings. The quantitative estimate of drug-likeness (QED) is 0.107. The molecule has 0 radical (unpaired) electrons. The molecule has 0 N–H and O–H groups in total. The van der Waals surface area contributed by atoms with E-state index in [4.69, 9.17) is 26.5 Å². The van der Waals surface area contributed by atoms with E-state index < -0.39 is 47.0 Å². The number of rotatable bonds is 8. The van der Waals surface area contributed by atoms with Crippen LogP contribution in [0.3, 0.4) is 0 Å². The number of halogens is 14. The van der Waals surface area contributed by atoms with Gasteiger partial charge < -0.3 is 26.5 Å². The summed E-state index contributed by atoms with van der Waals surface area (Å²) in [7, 11) is 0. The van der Waals surface area contributed by atoms with Crippen LogP contribution in [0.4, 0.5) is 52.7 Å². The van der Waals surface area contributed by atoms with Gasteiger partial charge >= 0.3 is 24.7 Å². The Hall–Kier alpha value is -7.10. The van der Waals surface area contributed by atoms with Crippen LogP contribution in [0.25, 0.3) is 91.1 Å². The molecule has 0 amide bonds. The number of aryl methyl sites for hydroxylation is 4. The fraction of sp³-hybridized carbons (Fsp3) is 0.154. The maximum atomic E-state index is 13.4. The molecule has 0 fully saturated rings. The molecule has 10 aromatic rings. The smallest absolute Gasteiger partial charge is 0.416 e. The molecule has 392 valence electrons. The molecular formula is C52H30F12I2N4O6. The van der Waals surface area contributed by atoms with Crippen LogP contribution in [0.5, 0.6) is 0 Å². The van der Waals surface area contributed by atoms with E-state index in [1.165, 1.54) is 64.1 Å². The molecule has 6 heterocycles. The Morgan fingerprint density at radius 3 is 0.882 bits per heavy atom. The van der Waals surface area contributed by atoms with Gasteiger partial charge in [-0.2, -0.15) is 52.7 Å². The summed E-state index contributed by atoms with van der Waals surface area (Å²) in [6.45, 7) is 6.14. The van der Waals surface area contributed by atoms with Gasteiger partial charge in [0.15, 0.2) is 58.9 Å². The van der Waals surface area contributed by atoms with Crippen molar-refractivity contribution in [1.82, 2.24) is 19.9 Å². The molecule has 0 saturated heterocycles. The molecule has 76 heavy (non-hydrogen) atoms. The molecular weight excluding hydrogens is 1260 g/mol. The van der Waals surface area contributed by atoms with Gasteiger partial charge in [-0.1, -0.05) is 0 Å². The van der Waals surface area contributed by atoms with E-state index in [0.717, 1.165) is 61.3 Å². The van der Waals surface area contributed by atoms with Gasteiger partial charge in [0.05, 0.1) is 22.3 Å². The summed E-state index contributed by atoms with van der Waals surface area (Å²) >= 11 is 3.59. The highest BCUT2D eigenvalue weighted by Crippen LogP contribution is 2.44. The molecule has 10 rings (SSSR count). The van der Waals surface area contributed by atoms with Gasteiger partial charge in [-0.3, -0.25) is 0 Å². The second kappa shape index (κ2) is 20.1. The third-order valence-corrected chi connectivity index (χ3v) is 12.1. The molecule has 10 nitrogen and oxygen atoms in total. The van der Waals surface area contributed by atoms with Crippen molar-refractivity contribution in [1.29, 1.82) is 0 Å². The van der Waals surface area contributed by atoms with Crippen molar-refractivity contribution in [3.05, 3.63) is 162 Å². The minimum absolute atomic E-state index is 0.0703. The summed E-state index contributed by atoms with van der Waals surface area (Å²) in [4.78, 5) is 16.7. The van der Waals surface area contributed by atoms with Gasteiger partial charge in [0.25, 0.3) is 7.79 Å². The lowest BCUT2D eigenvalue weighted by atomic mass is 10.0. The first-order valence-electron chi connectivity index (χ1n) is 21.8. The van der Waals surface area contributed by atoms with E-state index in [2.05, 4.69) is 19.9 Å². The van der Waals surface area contributed by atoms with Gasteiger partial charge in [0.2, 0.25) is 0 Å². The van der Waals surface area contributed by atoms with Gasteiger partial charge in [-0.25, -0.2) is 19.9 Å². The minimum atomic E-state index is -4.56. The molecule has 0 spiro atoms. The lowest BCUT2D eigenvalue weighted by Gasteiger charge is -2.10. The second-order valence-electron chi connectivity index (χ2n) is 17.0. The largest absolute Gasteiger partial charge is 0.449 e. The highest BCUT2D eigenvalue weighted by Gasteiger charge is 2.36. The van der Waals surface area contributed by atoms with E-state index in [-0.39, 0.29) is 98.9 Å². The summed E-state index contributed by atoms with van der Waals surface area (Å²) in [5.74, 6) is 0.804. The average molecular weight is 1290 g/mol. The number of benzene rings is 4. The van der Waals surface area contributed by atoms with Crippen LogP contribution in [0, 0.1) is 35.5 Å². The van der Waals surface area contributed by atoms with Gasteiger partial charge in [-0.15, -0.1) is 0 Å². The fourth-order valence-electron chi connectivity index (χ4n) is 8.06. The Kier molecular flexibility index (Phi) is 14.2. The van der Waals surface area contributed by atoms with E-state index in [1.54, 1.807) is 57.3 Å². The summed E-state index contributed by atoms with van der Waals surface area (Å²) in [6, 6.07) is 20.1. The summed E-state index contributed by atoms with van der Waals surface area (Å²) in [5.41, 5.74) is -0.606.